The summed E-state index contributed by atoms with van der Waals surface area (Å²) in [5.41, 5.74) is 0.530. The van der Waals surface area contributed by atoms with Crippen LogP contribution in [0.4, 0.5) is 10.5 Å². The Labute approximate surface area is 171 Å². The maximum absolute atomic E-state index is 12.9. The Morgan fingerprint density at radius 2 is 1.79 bits per heavy atom. The molecular formula is C21H29N3O5. The number of piperazine rings is 1. The molecule has 1 atom stereocenters. The summed E-state index contributed by atoms with van der Waals surface area (Å²) >= 11 is 0. The molecular weight excluding hydrogens is 374 g/mol. The van der Waals surface area contributed by atoms with Gasteiger partial charge in [0.15, 0.2) is 0 Å². The quantitative estimate of drug-likeness (QED) is 0.838. The zero-order valence-corrected chi connectivity index (χ0v) is 17.3. The van der Waals surface area contributed by atoms with Crippen molar-refractivity contribution in [2.45, 2.75) is 45.3 Å². The highest BCUT2D eigenvalue weighted by Crippen LogP contribution is 2.18. The molecule has 2 heterocycles. The number of anilines is 1. The standard InChI is InChI=1S/C21H29N3O5/c1-21(2,3)29-20(27)24-11-9-23(10-12-24)19(26)15-6-4-7-16(14-15)22-18(25)17-8-5-13-28-17/h4,6-7,14,17H,5,8-13H2,1-3H3,(H,22,25). The summed E-state index contributed by atoms with van der Waals surface area (Å²) in [5.74, 6) is -0.305. The number of hydrogen-bond donors (Lipinski definition) is 1. The highest BCUT2D eigenvalue weighted by Gasteiger charge is 2.28. The van der Waals surface area contributed by atoms with Gasteiger partial charge in [0.2, 0.25) is 0 Å². The second-order valence-corrected chi connectivity index (χ2v) is 8.33. The third kappa shape index (κ3) is 5.69. The molecule has 2 aliphatic rings. The van der Waals surface area contributed by atoms with E-state index in [1.165, 1.54) is 0 Å². The molecule has 0 aromatic heterocycles. The van der Waals surface area contributed by atoms with E-state index >= 15 is 0 Å². The number of carbonyl (C=O) groups excluding carboxylic acids is 3. The molecule has 0 saturated carbocycles. The van der Waals surface area contributed by atoms with E-state index < -0.39 is 11.7 Å². The predicted molar refractivity (Wildman–Crippen MR) is 108 cm³/mol. The molecule has 2 aliphatic heterocycles. The van der Waals surface area contributed by atoms with Crippen molar-refractivity contribution >= 4 is 23.6 Å². The largest absolute Gasteiger partial charge is 0.444 e. The van der Waals surface area contributed by atoms with Crippen LogP contribution in [0, 0.1) is 0 Å². The average Bonchev–Trinajstić information content (AvgIpc) is 3.21. The van der Waals surface area contributed by atoms with Crippen molar-refractivity contribution in [2.24, 2.45) is 0 Å². The number of amides is 3. The minimum atomic E-state index is -0.543. The Kier molecular flexibility index (Phi) is 6.42. The van der Waals surface area contributed by atoms with Crippen LogP contribution in [0.25, 0.3) is 0 Å². The summed E-state index contributed by atoms with van der Waals surface area (Å²) in [7, 11) is 0. The van der Waals surface area contributed by atoms with Gasteiger partial charge >= 0.3 is 6.09 Å². The van der Waals surface area contributed by atoms with Gasteiger partial charge in [-0.2, -0.15) is 0 Å². The highest BCUT2D eigenvalue weighted by molar-refractivity contribution is 5.98. The normalized spacial score (nSPS) is 19.8. The Balaban J connectivity index is 1.56. The zero-order valence-electron chi connectivity index (χ0n) is 17.3. The van der Waals surface area contributed by atoms with E-state index in [0.29, 0.717) is 50.5 Å². The summed E-state index contributed by atoms with van der Waals surface area (Å²) in [5, 5.41) is 2.82. The molecule has 1 aromatic carbocycles. The minimum absolute atomic E-state index is 0.123. The number of nitrogens with one attached hydrogen (secondary N) is 1. The average molecular weight is 403 g/mol. The lowest BCUT2D eigenvalue weighted by molar-refractivity contribution is -0.124. The number of hydrogen-bond acceptors (Lipinski definition) is 5. The first-order valence-corrected chi connectivity index (χ1v) is 10.0. The second-order valence-electron chi connectivity index (χ2n) is 8.33. The van der Waals surface area contributed by atoms with Crippen LogP contribution in [0.3, 0.4) is 0 Å². The van der Waals surface area contributed by atoms with Crippen LogP contribution >= 0.6 is 0 Å². The Morgan fingerprint density at radius 1 is 1.10 bits per heavy atom. The smallest absolute Gasteiger partial charge is 0.410 e. The van der Waals surface area contributed by atoms with E-state index in [2.05, 4.69) is 5.32 Å². The molecule has 1 unspecified atom stereocenters. The van der Waals surface area contributed by atoms with Gasteiger partial charge in [-0.1, -0.05) is 6.07 Å². The summed E-state index contributed by atoms with van der Waals surface area (Å²) in [6, 6.07) is 6.90. The molecule has 3 rings (SSSR count). The number of rotatable bonds is 3. The van der Waals surface area contributed by atoms with Gasteiger partial charge in [-0.3, -0.25) is 9.59 Å². The molecule has 0 aliphatic carbocycles. The molecule has 8 heteroatoms. The molecule has 1 aromatic rings. The lowest BCUT2D eigenvalue weighted by Crippen LogP contribution is -2.51. The van der Waals surface area contributed by atoms with Crippen LogP contribution < -0.4 is 5.32 Å². The third-order valence-electron chi connectivity index (χ3n) is 4.82. The van der Waals surface area contributed by atoms with Crippen molar-refractivity contribution in [3.8, 4) is 0 Å². The molecule has 2 saturated heterocycles. The van der Waals surface area contributed by atoms with Crippen LogP contribution in [0.1, 0.15) is 44.0 Å². The summed E-state index contributed by atoms with van der Waals surface area (Å²) in [6.45, 7) is 7.81. The number of nitrogens with zero attached hydrogens (tertiary/aromatic N) is 2. The molecule has 1 N–H and O–H groups in total. The van der Waals surface area contributed by atoms with E-state index in [1.807, 2.05) is 20.8 Å². The van der Waals surface area contributed by atoms with Gasteiger partial charge in [0, 0.05) is 44.0 Å². The van der Waals surface area contributed by atoms with Gasteiger partial charge in [0.1, 0.15) is 11.7 Å². The number of benzene rings is 1. The van der Waals surface area contributed by atoms with Gasteiger partial charge in [-0.15, -0.1) is 0 Å². The fourth-order valence-electron chi connectivity index (χ4n) is 3.34. The minimum Gasteiger partial charge on any atom is -0.444 e. The summed E-state index contributed by atoms with van der Waals surface area (Å²) in [6.07, 6.45) is 0.817. The second kappa shape index (κ2) is 8.82. The van der Waals surface area contributed by atoms with Gasteiger partial charge in [-0.05, 0) is 51.8 Å². The fraction of sp³-hybridized carbons (Fsp3) is 0.571. The van der Waals surface area contributed by atoms with Crippen molar-refractivity contribution in [1.82, 2.24) is 9.80 Å². The lowest BCUT2D eigenvalue weighted by atomic mass is 10.1. The zero-order chi connectivity index (χ0) is 21.0. The SMILES string of the molecule is CC(C)(C)OC(=O)N1CCN(C(=O)c2cccc(NC(=O)C3CCCO3)c2)CC1. The Hall–Kier alpha value is -2.61. The number of ether oxygens (including phenoxy) is 2. The lowest BCUT2D eigenvalue weighted by Gasteiger charge is -2.35. The molecule has 0 radical (unpaired) electrons. The van der Waals surface area contributed by atoms with Crippen LogP contribution in [0.2, 0.25) is 0 Å². The fourth-order valence-corrected chi connectivity index (χ4v) is 3.34. The van der Waals surface area contributed by atoms with Crippen molar-refractivity contribution in [3.63, 3.8) is 0 Å². The molecule has 3 amide bonds. The molecule has 158 valence electrons. The molecule has 0 spiro atoms. The first-order chi connectivity index (χ1) is 13.7. The Bertz CT molecular complexity index is 760. The van der Waals surface area contributed by atoms with Crippen LogP contribution in [0.15, 0.2) is 24.3 Å². The molecule has 8 nitrogen and oxygen atoms in total. The topological polar surface area (TPSA) is 88.2 Å². The van der Waals surface area contributed by atoms with Crippen molar-refractivity contribution in [2.75, 3.05) is 38.1 Å². The molecule has 2 fully saturated rings. The van der Waals surface area contributed by atoms with Crippen molar-refractivity contribution in [1.29, 1.82) is 0 Å². The monoisotopic (exact) mass is 403 g/mol. The van der Waals surface area contributed by atoms with Gasteiger partial charge < -0.3 is 24.6 Å². The van der Waals surface area contributed by atoms with E-state index in [4.69, 9.17) is 9.47 Å². The van der Waals surface area contributed by atoms with Crippen LogP contribution in [-0.4, -0.2) is 72.2 Å². The van der Waals surface area contributed by atoms with Gasteiger partial charge in [-0.25, -0.2) is 4.79 Å². The van der Waals surface area contributed by atoms with Crippen LogP contribution in [0.5, 0.6) is 0 Å². The maximum atomic E-state index is 12.9. The van der Waals surface area contributed by atoms with Crippen molar-refractivity contribution < 1.29 is 23.9 Å². The van der Waals surface area contributed by atoms with Crippen molar-refractivity contribution in [3.05, 3.63) is 29.8 Å². The van der Waals surface area contributed by atoms with E-state index in [9.17, 15) is 14.4 Å². The van der Waals surface area contributed by atoms with E-state index in [-0.39, 0.29) is 17.9 Å². The van der Waals surface area contributed by atoms with E-state index in [0.717, 1.165) is 6.42 Å². The summed E-state index contributed by atoms with van der Waals surface area (Å²) in [4.78, 5) is 40.6. The van der Waals surface area contributed by atoms with Crippen LogP contribution in [-0.2, 0) is 14.3 Å². The maximum Gasteiger partial charge on any atom is 0.410 e. The first-order valence-electron chi connectivity index (χ1n) is 10.0. The Morgan fingerprint density at radius 3 is 2.41 bits per heavy atom. The highest BCUT2D eigenvalue weighted by atomic mass is 16.6. The van der Waals surface area contributed by atoms with Gasteiger partial charge in [0.05, 0.1) is 0 Å². The molecule has 29 heavy (non-hydrogen) atoms. The number of carbonyl (C=O) groups is 3. The predicted octanol–water partition coefficient (Wildman–Crippen LogP) is 2.50. The first kappa shape index (κ1) is 21.1. The van der Waals surface area contributed by atoms with E-state index in [1.54, 1.807) is 34.1 Å². The molecule has 0 bridgehead atoms. The van der Waals surface area contributed by atoms with Gasteiger partial charge in [0.25, 0.3) is 11.8 Å². The third-order valence-corrected chi connectivity index (χ3v) is 4.82. The summed E-state index contributed by atoms with van der Waals surface area (Å²) < 4.78 is 10.8.